The fourth-order valence-electron chi connectivity index (χ4n) is 6.54. The second kappa shape index (κ2) is 10.9. The molecule has 0 unspecified atom stereocenters. The van der Waals surface area contributed by atoms with Gasteiger partial charge in [0, 0.05) is 10.8 Å². The van der Waals surface area contributed by atoms with Crippen LogP contribution < -0.4 is 0 Å². The fraction of sp³-hybridized carbons (Fsp3) is 0. The van der Waals surface area contributed by atoms with Crippen molar-refractivity contribution in [3.8, 4) is 33.4 Å². The van der Waals surface area contributed by atoms with Crippen LogP contribution in [0, 0.1) is 0 Å². The summed E-state index contributed by atoms with van der Waals surface area (Å²) in [5.74, 6) is 0. The number of fused-ring (bicyclic) bond motifs is 10. The molecule has 0 saturated heterocycles. The summed E-state index contributed by atoms with van der Waals surface area (Å²) in [7, 11) is 0. The molecule has 0 radical (unpaired) electrons. The summed E-state index contributed by atoms with van der Waals surface area (Å²) in [5, 5.41) is -8.33. The Morgan fingerprint density at radius 3 is 1.71 bits per heavy atom. The van der Waals surface area contributed by atoms with E-state index in [1.165, 1.54) is 0 Å². The highest BCUT2D eigenvalue weighted by Crippen LogP contribution is 2.49. The van der Waals surface area contributed by atoms with Crippen LogP contribution in [0.5, 0.6) is 0 Å². The van der Waals surface area contributed by atoms with Gasteiger partial charge in [0.25, 0.3) is 0 Å². The quantitative estimate of drug-likeness (QED) is 0.134. The van der Waals surface area contributed by atoms with Gasteiger partial charge in [-0.15, -0.1) is 0 Å². The maximum atomic E-state index is 10.3. The first-order chi connectivity index (χ1) is 37.8. The van der Waals surface area contributed by atoms with Gasteiger partial charge in [0.05, 0.1) is 41.1 Å². The summed E-state index contributed by atoms with van der Waals surface area (Å²) in [5.41, 5.74) is -6.48. The highest BCUT2D eigenvalue weighted by atomic mass is 16.3. The van der Waals surface area contributed by atoms with E-state index >= 15 is 0 Å². The second-order valence-corrected chi connectivity index (χ2v) is 11.3. The standard InChI is InChI=1S/C50H30O/c1-2-12-31(13-3-1)34-25-28-42-44(30-34)48(39-21-10-20-37-35-16-6-4-14-32(35)24-27-38(37)39)41-19-9-8-18-40(41)47(42)43-22-11-23-45-50(43)49-36-17-7-5-15-33(36)26-29-46(49)51-45/h1-30H/i1D,2D,3D,4D,5D,6D,7D,8D,9D,10D,11D,12D,13D,14D,15D,16D,17D,18D,19D,20D,21D,22D,23D,24D,25D,26D,27D,28D,29D,30D. The minimum absolute atomic E-state index is 0.515. The Kier molecular flexibility index (Phi) is 2.50. The third-order valence-electron chi connectivity index (χ3n) is 8.64. The molecule has 1 nitrogen and oxygen atoms in total. The van der Waals surface area contributed by atoms with Crippen LogP contribution in [0.25, 0.3) is 109 Å². The highest BCUT2D eigenvalue weighted by Gasteiger charge is 2.22. The summed E-state index contributed by atoms with van der Waals surface area (Å²) in [6.45, 7) is 0. The fourth-order valence-corrected chi connectivity index (χ4v) is 6.54. The molecular weight excluding hydrogens is 617 g/mol. The van der Waals surface area contributed by atoms with E-state index < -0.39 is 290 Å². The third kappa shape index (κ3) is 4.16. The van der Waals surface area contributed by atoms with E-state index in [-0.39, 0.29) is 0 Å². The Morgan fingerprint density at radius 2 is 0.882 bits per heavy atom. The van der Waals surface area contributed by atoms with Crippen molar-refractivity contribution >= 4 is 75.8 Å². The van der Waals surface area contributed by atoms with Gasteiger partial charge >= 0.3 is 0 Å². The maximum absolute atomic E-state index is 10.3. The Bertz CT molecular complexity index is 4900. The molecule has 0 fully saturated rings. The zero-order valence-corrected chi connectivity index (χ0v) is 25.4. The molecule has 0 N–H and O–H groups in total. The van der Waals surface area contributed by atoms with Crippen LogP contribution in [0.15, 0.2) is 186 Å². The minimum Gasteiger partial charge on any atom is -0.456 e. The molecule has 0 atom stereocenters. The van der Waals surface area contributed by atoms with Crippen LogP contribution in [-0.2, 0) is 0 Å². The molecule has 0 aliphatic rings. The van der Waals surface area contributed by atoms with E-state index in [9.17, 15) is 16.4 Å². The van der Waals surface area contributed by atoms with Crippen LogP contribution in [0.3, 0.4) is 0 Å². The van der Waals surface area contributed by atoms with Gasteiger partial charge in [-0.3, -0.25) is 0 Å². The van der Waals surface area contributed by atoms with Gasteiger partial charge in [-0.2, -0.15) is 0 Å². The second-order valence-electron chi connectivity index (χ2n) is 11.3. The molecule has 0 saturated carbocycles. The lowest BCUT2D eigenvalue weighted by atomic mass is 9.82. The Balaban J connectivity index is 1.57. The largest absolute Gasteiger partial charge is 0.456 e. The molecule has 236 valence electrons. The van der Waals surface area contributed by atoms with Crippen molar-refractivity contribution in [2.24, 2.45) is 0 Å². The molecule has 1 aromatic heterocycles. The van der Waals surface area contributed by atoms with Crippen molar-refractivity contribution in [3.05, 3.63) is 181 Å². The van der Waals surface area contributed by atoms with E-state index in [1.54, 1.807) is 0 Å². The van der Waals surface area contributed by atoms with E-state index in [0.29, 0.717) is 0 Å². The van der Waals surface area contributed by atoms with Gasteiger partial charge in [-0.1, -0.05) is 163 Å². The van der Waals surface area contributed by atoms with Gasteiger partial charge in [0.15, 0.2) is 0 Å². The molecular formula is C50H30O. The smallest absolute Gasteiger partial charge is 0.136 e. The molecule has 0 spiro atoms. The number of hydrogen-bond donors (Lipinski definition) is 0. The molecule has 10 aromatic carbocycles. The van der Waals surface area contributed by atoms with Gasteiger partial charge in [0.1, 0.15) is 11.2 Å². The van der Waals surface area contributed by atoms with Crippen molar-refractivity contribution in [1.82, 2.24) is 0 Å². The zero-order valence-electron chi connectivity index (χ0n) is 55.4. The topological polar surface area (TPSA) is 13.1 Å². The minimum atomic E-state index is -1.15. The van der Waals surface area contributed by atoms with Crippen LogP contribution in [0.1, 0.15) is 41.1 Å². The van der Waals surface area contributed by atoms with Gasteiger partial charge in [0.2, 0.25) is 0 Å². The summed E-state index contributed by atoms with van der Waals surface area (Å²) >= 11 is 0. The van der Waals surface area contributed by atoms with E-state index in [0.717, 1.165) is 0 Å². The number of rotatable bonds is 3. The molecule has 11 aromatic rings. The maximum Gasteiger partial charge on any atom is 0.136 e. The zero-order chi connectivity index (χ0) is 59.6. The van der Waals surface area contributed by atoms with Crippen molar-refractivity contribution in [2.75, 3.05) is 0 Å². The molecule has 1 heterocycles. The van der Waals surface area contributed by atoms with Crippen LogP contribution in [0.2, 0.25) is 0 Å². The lowest BCUT2D eigenvalue weighted by molar-refractivity contribution is 0.669. The van der Waals surface area contributed by atoms with Crippen molar-refractivity contribution in [1.29, 1.82) is 0 Å². The predicted molar refractivity (Wildman–Crippen MR) is 218 cm³/mol. The van der Waals surface area contributed by atoms with E-state index in [1.807, 2.05) is 0 Å². The average Bonchev–Trinajstić information content (AvgIpc) is 4.09. The van der Waals surface area contributed by atoms with Crippen molar-refractivity contribution in [3.63, 3.8) is 0 Å². The van der Waals surface area contributed by atoms with Gasteiger partial charge in [-0.05, 0) is 105 Å². The van der Waals surface area contributed by atoms with Crippen molar-refractivity contribution in [2.45, 2.75) is 0 Å². The Labute approximate surface area is 336 Å². The Hall–Kier alpha value is -6.70. The number of benzene rings is 10. The SMILES string of the molecule is [2H]c1c([2H])c([2H])c(-c2c([2H])c([2H])c3c(-c4c([2H])c([2H])c([2H])c5oc6c([2H])c([2H])c7c([2H])c([2H])c([2H])c([2H])c7c6c45)c4c([2H])c([2H])c([2H])c([2H])c4c(-c4c([2H])c([2H])c([2H])c5c4c([2H])c([2H])c4c([2H])c([2H])c([2H])c([2H])c45)c3c2[2H])c([2H])c1[2H]. The van der Waals surface area contributed by atoms with Crippen molar-refractivity contribution < 1.29 is 45.5 Å². The lowest BCUT2D eigenvalue weighted by Crippen LogP contribution is -1.93. The summed E-state index contributed by atoms with van der Waals surface area (Å²) in [6, 6.07) is -29.3. The van der Waals surface area contributed by atoms with Crippen LogP contribution in [0.4, 0.5) is 0 Å². The molecule has 0 aliphatic carbocycles. The molecule has 51 heavy (non-hydrogen) atoms. The summed E-state index contributed by atoms with van der Waals surface area (Å²) in [4.78, 5) is 0. The van der Waals surface area contributed by atoms with Crippen LogP contribution in [-0.4, -0.2) is 0 Å². The monoisotopic (exact) mass is 676 g/mol. The lowest BCUT2D eigenvalue weighted by Gasteiger charge is -2.20. The van der Waals surface area contributed by atoms with Crippen LogP contribution >= 0.6 is 0 Å². The van der Waals surface area contributed by atoms with Gasteiger partial charge in [-0.25, -0.2) is 0 Å². The molecule has 0 amide bonds. The predicted octanol–water partition coefficient (Wildman–Crippen LogP) is 14.4. The average molecular weight is 677 g/mol. The number of hydrogen-bond acceptors (Lipinski definition) is 1. The van der Waals surface area contributed by atoms with E-state index in [4.69, 9.17) is 29.1 Å². The van der Waals surface area contributed by atoms with E-state index in [2.05, 4.69) is 0 Å². The number of furan rings is 1. The highest BCUT2D eigenvalue weighted by molar-refractivity contribution is 6.30. The first-order valence-corrected chi connectivity index (χ1v) is 15.2. The molecule has 0 aliphatic heterocycles. The summed E-state index contributed by atoms with van der Waals surface area (Å²) in [6.07, 6.45) is 0. The first-order valence-electron chi connectivity index (χ1n) is 30.2. The molecule has 11 rings (SSSR count). The normalized spacial score (nSPS) is 20.2. The first kappa shape index (κ1) is 11.7. The third-order valence-corrected chi connectivity index (χ3v) is 8.64. The van der Waals surface area contributed by atoms with Gasteiger partial charge < -0.3 is 4.42 Å². The molecule has 0 bridgehead atoms. The summed E-state index contributed by atoms with van der Waals surface area (Å²) < 4.78 is 281. The Morgan fingerprint density at radius 1 is 0.314 bits per heavy atom. The molecule has 1 heteroatoms.